The largest absolute Gasteiger partial charge is 0.417 e. The third kappa shape index (κ3) is 5.07. The summed E-state index contributed by atoms with van der Waals surface area (Å²) in [4.78, 5) is 30.7. The van der Waals surface area contributed by atoms with E-state index in [9.17, 15) is 31.2 Å². The van der Waals surface area contributed by atoms with E-state index in [0.717, 1.165) is 31.5 Å². The number of fused-ring (bicyclic) bond motifs is 1. The number of nitrogens with zero attached hydrogens (tertiary/aromatic N) is 2. The summed E-state index contributed by atoms with van der Waals surface area (Å²) in [5.41, 5.74) is -2.25. The van der Waals surface area contributed by atoms with Crippen LogP contribution < -0.4 is 10.1 Å². The first-order valence-electron chi connectivity index (χ1n) is 10.0. The summed E-state index contributed by atoms with van der Waals surface area (Å²) < 4.78 is 77.9. The number of ketones is 1. The Bertz CT molecular complexity index is 1690. The van der Waals surface area contributed by atoms with Crippen LogP contribution in [-0.2, 0) is 20.9 Å². The van der Waals surface area contributed by atoms with Gasteiger partial charge in [-0.15, -0.1) is 0 Å². The maximum absolute atomic E-state index is 13.5. The molecule has 0 aliphatic rings. The minimum Gasteiger partial charge on any atom is -0.407 e. The molecule has 0 saturated heterocycles. The molecule has 0 fully saturated rings. The lowest BCUT2D eigenvalue weighted by Crippen LogP contribution is -2.34. The Hall–Kier alpha value is -3.39. The lowest BCUT2D eigenvalue weighted by Gasteiger charge is -2.25. The standard InChI is InChI=1S/C22H14Cl2F3N3O6S/c1-35-10-30(37(33,34)12-5-6-15(24)14(8-12)22(25,26)27)17-7-11(23)9-28-18(17)19(31)13-3-2-4-16-20(13)36-21(32)29-16/h2-9H,10H2,1H3,(H,29,32). The summed E-state index contributed by atoms with van der Waals surface area (Å²) >= 11 is 11.7. The summed E-state index contributed by atoms with van der Waals surface area (Å²) in [5, 5.41) is -0.785. The predicted octanol–water partition coefficient (Wildman–Crippen LogP) is 4.87. The van der Waals surface area contributed by atoms with Crippen molar-refractivity contribution in [2.75, 3.05) is 18.1 Å². The number of carbonyl (C=O) groups is 1. The maximum Gasteiger partial charge on any atom is 0.417 e. The van der Waals surface area contributed by atoms with Crippen molar-refractivity contribution in [2.24, 2.45) is 0 Å². The van der Waals surface area contributed by atoms with Crippen molar-refractivity contribution in [3.05, 3.63) is 86.1 Å². The number of benzene rings is 2. The van der Waals surface area contributed by atoms with Crippen LogP contribution in [0.15, 0.2) is 62.8 Å². The van der Waals surface area contributed by atoms with Crippen molar-refractivity contribution in [1.29, 1.82) is 0 Å². The van der Waals surface area contributed by atoms with E-state index < -0.39 is 61.3 Å². The number of para-hydroxylation sites is 1. The number of nitrogens with one attached hydrogen (secondary N) is 1. The molecule has 15 heteroatoms. The number of aromatic nitrogens is 2. The molecule has 0 bridgehead atoms. The van der Waals surface area contributed by atoms with E-state index >= 15 is 0 Å². The molecule has 4 rings (SSSR count). The average molecular weight is 576 g/mol. The number of anilines is 1. The van der Waals surface area contributed by atoms with Gasteiger partial charge >= 0.3 is 11.9 Å². The Morgan fingerprint density at radius 2 is 1.92 bits per heavy atom. The zero-order valence-corrected chi connectivity index (χ0v) is 20.8. The molecule has 0 aliphatic heterocycles. The van der Waals surface area contributed by atoms with E-state index in [1.807, 2.05) is 0 Å². The topological polar surface area (TPSA) is 123 Å². The number of halogens is 5. The van der Waals surface area contributed by atoms with Gasteiger partial charge in [0.2, 0.25) is 5.78 Å². The molecular formula is C22H14Cl2F3N3O6S. The average Bonchev–Trinajstić information content (AvgIpc) is 3.21. The van der Waals surface area contributed by atoms with Gasteiger partial charge in [0.1, 0.15) is 12.4 Å². The highest BCUT2D eigenvalue weighted by Crippen LogP contribution is 2.37. The first kappa shape index (κ1) is 26.7. The highest BCUT2D eigenvalue weighted by Gasteiger charge is 2.37. The van der Waals surface area contributed by atoms with Crippen molar-refractivity contribution < 1.29 is 35.5 Å². The number of carbonyl (C=O) groups excluding carboxylic acids is 1. The number of hydrogen-bond acceptors (Lipinski definition) is 7. The minimum absolute atomic E-state index is 0.0821. The molecule has 9 nitrogen and oxygen atoms in total. The van der Waals surface area contributed by atoms with Gasteiger partial charge in [0, 0.05) is 13.3 Å². The van der Waals surface area contributed by atoms with E-state index in [2.05, 4.69) is 9.97 Å². The molecule has 37 heavy (non-hydrogen) atoms. The first-order chi connectivity index (χ1) is 17.3. The van der Waals surface area contributed by atoms with Gasteiger partial charge in [-0.3, -0.25) is 9.78 Å². The van der Waals surface area contributed by atoms with Gasteiger partial charge in [-0.25, -0.2) is 22.5 Å². The van der Waals surface area contributed by atoms with E-state index in [1.54, 1.807) is 0 Å². The molecule has 2 heterocycles. The van der Waals surface area contributed by atoms with Crippen LogP contribution in [0.3, 0.4) is 0 Å². The molecule has 194 valence electrons. The molecule has 0 atom stereocenters. The highest BCUT2D eigenvalue weighted by atomic mass is 35.5. The van der Waals surface area contributed by atoms with Crippen LogP contribution in [0.4, 0.5) is 18.9 Å². The molecule has 0 unspecified atom stereocenters. The predicted molar refractivity (Wildman–Crippen MR) is 128 cm³/mol. The first-order valence-corrected chi connectivity index (χ1v) is 12.2. The van der Waals surface area contributed by atoms with Crippen molar-refractivity contribution >= 4 is 55.8 Å². The number of alkyl halides is 3. The van der Waals surface area contributed by atoms with Crippen LogP contribution in [0.25, 0.3) is 11.1 Å². The Balaban J connectivity index is 1.91. The fourth-order valence-electron chi connectivity index (χ4n) is 3.47. The van der Waals surface area contributed by atoms with Crippen molar-refractivity contribution in [1.82, 2.24) is 9.97 Å². The third-order valence-corrected chi connectivity index (χ3v) is 7.36. The second-order valence-electron chi connectivity index (χ2n) is 7.46. The molecule has 0 radical (unpaired) electrons. The summed E-state index contributed by atoms with van der Waals surface area (Å²) in [7, 11) is -3.65. The quantitative estimate of drug-likeness (QED) is 0.246. The van der Waals surface area contributed by atoms with Crippen LogP contribution in [-0.4, -0.2) is 38.0 Å². The maximum atomic E-state index is 13.5. The zero-order chi connectivity index (χ0) is 27.1. The monoisotopic (exact) mass is 575 g/mol. The number of ether oxygens (including phenoxy) is 1. The molecule has 0 amide bonds. The van der Waals surface area contributed by atoms with Gasteiger partial charge in [0.25, 0.3) is 10.0 Å². The molecule has 2 aromatic heterocycles. The number of sulfonamides is 1. The van der Waals surface area contributed by atoms with Gasteiger partial charge in [-0.1, -0.05) is 29.3 Å². The molecule has 1 N–H and O–H groups in total. The molecular weight excluding hydrogens is 562 g/mol. The van der Waals surface area contributed by atoms with Gasteiger partial charge in [0.15, 0.2) is 5.58 Å². The Kier molecular flexibility index (Phi) is 7.08. The van der Waals surface area contributed by atoms with E-state index in [4.69, 9.17) is 32.4 Å². The van der Waals surface area contributed by atoms with Gasteiger partial charge in [-0.2, -0.15) is 13.2 Å². The van der Waals surface area contributed by atoms with Crippen LogP contribution in [0.2, 0.25) is 10.0 Å². The molecule has 0 aliphatic carbocycles. The zero-order valence-electron chi connectivity index (χ0n) is 18.5. The minimum atomic E-state index is -4.94. The van der Waals surface area contributed by atoms with Crippen LogP contribution >= 0.6 is 23.2 Å². The lowest BCUT2D eigenvalue weighted by atomic mass is 10.1. The fraction of sp³-hybridized carbons (Fsp3) is 0.136. The van der Waals surface area contributed by atoms with Gasteiger partial charge in [0.05, 0.1) is 37.3 Å². The SMILES string of the molecule is COCN(c1cc(Cl)cnc1C(=O)c1cccc2[nH]c(=O)oc12)S(=O)(=O)c1ccc(Cl)c(C(F)(F)F)c1. The Morgan fingerprint density at radius 3 is 2.59 bits per heavy atom. The summed E-state index contributed by atoms with van der Waals surface area (Å²) in [6.07, 6.45) is -3.86. The summed E-state index contributed by atoms with van der Waals surface area (Å²) in [5.74, 6) is -1.69. The molecule has 0 spiro atoms. The van der Waals surface area contributed by atoms with Crippen molar-refractivity contribution in [3.63, 3.8) is 0 Å². The number of rotatable bonds is 7. The van der Waals surface area contributed by atoms with E-state index in [0.29, 0.717) is 10.4 Å². The normalized spacial score (nSPS) is 12.2. The van der Waals surface area contributed by atoms with Crippen LogP contribution in [0.1, 0.15) is 21.6 Å². The molecule has 4 aromatic rings. The van der Waals surface area contributed by atoms with Gasteiger partial charge < -0.3 is 9.15 Å². The van der Waals surface area contributed by atoms with E-state index in [-0.39, 0.29) is 21.7 Å². The second-order valence-corrected chi connectivity index (χ2v) is 10.2. The third-order valence-electron chi connectivity index (χ3n) is 5.09. The molecule has 0 saturated carbocycles. The summed E-state index contributed by atoms with van der Waals surface area (Å²) in [6.45, 7) is -0.724. The molecule has 2 aromatic carbocycles. The van der Waals surface area contributed by atoms with Crippen LogP contribution in [0.5, 0.6) is 0 Å². The number of oxazole rings is 1. The lowest BCUT2D eigenvalue weighted by molar-refractivity contribution is -0.137. The van der Waals surface area contributed by atoms with E-state index in [1.165, 1.54) is 18.2 Å². The number of pyridine rings is 1. The second kappa shape index (κ2) is 9.82. The fourth-order valence-corrected chi connectivity index (χ4v) is 5.25. The van der Waals surface area contributed by atoms with Crippen molar-refractivity contribution in [2.45, 2.75) is 11.1 Å². The van der Waals surface area contributed by atoms with Crippen molar-refractivity contribution in [3.8, 4) is 0 Å². The highest BCUT2D eigenvalue weighted by molar-refractivity contribution is 7.92. The Labute approximate surface area is 216 Å². The van der Waals surface area contributed by atoms with Crippen LogP contribution in [0, 0.1) is 0 Å². The number of hydrogen-bond donors (Lipinski definition) is 1. The van der Waals surface area contributed by atoms with Gasteiger partial charge in [-0.05, 0) is 36.4 Å². The summed E-state index contributed by atoms with van der Waals surface area (Å²) in [6, 6.07) is 7.39. The smallest absolute Gasteiger partial charge is 0.407 e. The Morgan fingerprint density at radius 1 is 1.19 bits per heavy atom. The number of H-pyrrole nitrogens is 1. The number of methoxy groups -OCH3 is 1. The number of aromatic amines is 1.